The number of likely N-dealkylation sites (tertiary alicyclic amines) is 1. The summed E-state index contributed by atoms with van der Waals surface area (Å²) in [5, 5.41) is 3.03. The zero-order valence-electron chi connectivity index (χ0n) is 20.8. The van der Waals surface area contributed by atoms with Crippen molar-refractivity contribution < 1.29 is 9.18 Å². The average molecular weight is 501 g/mol. The zero-order chi connectivity index (χ0) is 25.5. The Kier molecular flexibility index (Phi) is 6.06. The van der Waals surface area contributed by atoms with Gasteiger partial charge in [0.05, 0.1) is 30.0 Å². The summed E-state index contributed by atoms with van der Waals surface area (Å²) >= 11 is 0. The number of hydrogen-bond donors (Lipinski definition) is 1. The van der Waals surface area contributed by atoms with E-state index in [0.717, 1.165) is 11.3 Å². The molecular weight excluding hydrogens is 471 g/mol. The van der Waals surface area contributed by atoms with Crippen LogP contribution < -0.4 is 5.56 Å². The molecule has 0 unspecified atom stereocenters. The number of nitrogens with one attached hydrogen (secondary N) is 1. The SMILES string of the molecule is Cc1cnc(-c2[nH]n3c(=O)cc(-c4ccc(C5CCCCC5)cc4)nc3c2C(=O)N2CC(CF)C2)cn1. The van der Waals surface area contributed by atoms with Gasteiger partial charge in [0.15, 0.2) is 5.65 Å². The number of fused-ring (bicyclic) bond motifs is 1. The normalized spacial score (nSPS) is 16.8. The van der Waals surface area contributed by atoms with Crippen LogP contribution in [0.15, 0.2) is 47.5 Å². The number of aromatic amines is 1. The molecule has 3 aromatic heterocycles. The third kappa shape index (κ3) is 4.32. The summed E-state index contributed by atoms with van der Waals surface area (Å²) < 4.78 is 14.3. The lowest BCUT2D eigenvalue weighted by atomic mass is 9.84. The number of nitrogens with zero attached hydrogens (tertiary/aromatic N) is 5. The summed E-state index contributed by atoms with van der Waals surface area (Å²) in [7, 11) is 0. The first-order valence-electron chi connectivity index (χ1n) is 12.9. The van der Waals surface area contributed by atoms with E-state index in [1.165, 1.54) is 48.2 Å². The maximum absolute atomic E-state index is 13.6. The predicted octanol–water partition coefficient (Wildman–Crippen LogP) is 4.54. The molecule has 4 aromatic rings. The molecule has 1 aliphatic carbocycles. The van der Waals surface area contributed by atoms with Crippen LogP contribution in [0.4, 0.5) is 4.39 Å². The van der Waals surface area contributed by atoms with Crippen LogP contribution in [0.3, 0.4) is 0 Å². The Morgan fingerprint density at radius 2 is 1.81 bits per heavy atom. The van der Waals surface area contributed by atoms with E-state index in [9.17, 15) is 14.0 Å². The van der Waals surface area contributed by atoms with Crippen molar-refractivity contribution in [2.75, 3.05) is 19.8 Å². The average Bonchev–Trinajstić information content (AvgIpc) is 3.29. The second-order valence-electron chi connectivity index (χ2n) is 10.2. The number of rotatable bonds is 5. The lowest BCUT2D eigenvalue weighted by Gasteiger charge is -2.37. The molecule has 0 atom stereocenters. The number of hydrogen-bond acceptors (Lipinski definition) is 5. The quantitative estimate of drug-likeness (QED) is 0.434. The highest BCUT2D eigenvalue weighted by atomic mass is 19.1. The van der Waals surface area contributed by atoms with E-state index in [-0.39, 0.29) is 28.6 Å². The second-order valence-corrected chi connectivity index (χ2v) is 10.2. The van der Waals surface area contributed by atoms with E-state index in [2.05, 4.69) is 27.2 Å². The zero-order valence-corrected chi connectivity index (χ0v) is 20.8. The first-order valence-corrected chi connectivity index (χ1v) is 12.9. The molecule has 9 heteroatoms. The number of carbonyl (C=O) groups is 1. The minimum absolute atomic E-state index is 0.161. The summed E-state index contributed by atoms with van der Waals surface area (Å²) in [6.45, 7) is 2.02. The minimum Gasteiger partial charge on any atom is -0.338 e. The van der Waals surface area contributed by atoms with Crippen molar-refractivity contribution in [1.82, 2.24) is 29.5 Å². The molecule has 1 amide bonds. The molecule has 6 rings (SSSR count). The van der Waals surface area contributed by atoms with Crippen LogP contribution in [0.25, 0.3) is 28.3 Å². The number of carbonyl (C=O) groups excluding carboxylic acids is 1. The minimum atomic E-state index is -0.466. The fraction of sp³-hybridized carbons (Fsp3) is 0.393. The Bertz CT molecular complexity index is 1500. The van der Waals surface area contributed by atoms with Gasteiger partial charge in [0.25, 0.3) is 11.5 Å². The molecule has 0 spiro atoms. The van der Waals surface area contributed by atoms with E-state index in [1.807, 2.05) is 19.1 Å². The Hall–Kier alpha value is -3.88. The number of amides is 1. The van der Waals surface area contributed by atoms with Crippen molar-refractivity contribution in [3.05, 3.63) is 69.9 Å². The molecule has 2 fully saturated rings. The molecule has 8 nitrogen and oxygen atoms in total. The van der Waals surface area contributed by atoms with Crippen LogP contribution in [-0.2, 0) is 0 Å². The largest absolute Gasteiger partial charge is 0.338 e. The molecule has 1 saturated heterocycles. The molecule has 1 aromatic carbocycles. The number of halogens is 1. The fourth-order valence-corrected chi connectivity index (χ4v) is 5.45. The first-order chi connectivity index (χ1) is 18.0. The molecule has 2 aliphatic rings. The molecular formula is C28H29FN6O2. The van der Waals surface area contributed by atoms with Gasteiger partial charge in [0, 0.05) is 36.8 Å². The number of H-pyrrole nitrogens is 1. The molecule has 37 heavy (non-hydrogen) atoms. The molecule has 1 saturated carbocycles. The monoisotopic (exact) mass is 500 g/mol. The predicted molar refractivity (Wildman–Crippen MR) is 138 cm³/mol. The highest BCUT2D eigenvalue weighted by molar-refractivity contribution is 6.05. The van der Waals surface area contributed by atoms with E-state index < -0.39 is 6.67 Å². The summed E-state index contributed by atoms with van der Waals surface area (Å²) in [5.74, 6) is 0.115. The van der Waals surface area contributed by atoms with E-state index in [4.69, 9.17) is 4.98 Å². The summed E-state index contributed by atoms with van der Waals surface area (Å²) in [4.78, 5) is 41.8. The maximum atomic E-state index is 13.6. The summed E-state index contributed by atoms with van der Waals surface area (Å²) in [6.07, 6.45) is 9.43. The van der Waals surface area contributed by atoms with Gasteiger partial charge >= 0.3 is 0 Å². The van der Waals surface area contributed by atoms with Gasteiger partial charge in [-0.3, -0.25) is 29.0 Å². The number of alkyl halides is 1. The van der Waals surface area contributed by atoms with Gasteiger partial charge in [0.2, 0.25) is 0 Å². The van der Waals surface area contributed by atoms with Crippen molar-refractivity contribution >= 4 is 11.6 Å². The standard InChI is InChI=1S/C28H29FN6O2/c1-17-13-31-23(14-30-17)26-25(28(37)34-15-18(12-29)16-34)27-32-22(11-24(36)35(27)33-26)21-9-7-20(8-10-21)19-5-3-2-4-6-19/h7-11,13-14,18-19,33H,2-6,12,15-16H2,1H3. The van der Waals surface area contributed by atoms with Crippen molar-refractivity contribution in [3.8, 4) is 22.6 Å². The Morgan fingerprint density at radius 1 is 1.05 bits per heavy atom. The third-order valence-corrected chi connectivity index (χ3v) is 7.61. The van der Waals surface area contributed by atoms with Gasteiger partial charge < -0.3 is 4.90 Å². The van der Waals surface area contributed by atoms with Crippen LogP contribution in [0.5, 0.6) is 0 Å². The first kappa shape index (κ1) is 23.5. The van der Waals surface area contributed by atoms with Crippen LogP contribution in [-0.4, -0.2) is 55.1 Å². The van der Waals surface area contributed by atoms with Crippen LogP contribution in [0, 0.1) is 12.8 Å². The topological polar surface area (TPSA) is 96.2 Å². The van der Waals surface area contributed by atoms with E-state index in [1.54, 1.807) is 17.3 Å². The van der Waals surface area contributed by atoms with Crippen LogP contribution in [0.2, 0.25) is 0 Å². The lowest BCUT2D eigenvalue weighted by Crippen LogP contribution is -2.50. The van der Waals surface area contributed by atoms with Crippen molar-refractivity contribution in [2.45, 2.75) is 44.9 Å². The van der Waals surface area contributed by atoms with Crippen LogP contribution >= 0.6 is 0 Å². The smallest absolute Gasteiger partial charge is 0.273 e. The van der Waals surface area contributed by atoms with Gasteiger partial charge in [-0.05, 0) is 31.2 Å². The summed E-state index contributed by atoms with van der Waals surface area (Å²) in [6, 6.07) is 9.74. The Morgan fingerprint density at radius 3 is 2.49 bits per heavy atom. The molecule has 1 N–H and O–H groups in total. The highest BCUT2D eigenvalue weighted by Crippen LogP contribution is 2.34. The van der Waals surface area contributed by atoms with Crippen molar-refractivity contribution in [2.24, 2.45) is 5.92 Å². The van der Waals surface area contributed by atoms with Gasteiger partial charge in [-0.2, -0.15) is 0 Å². The molecule has 0 bridgehead atoms. The molecule has 0 radical (unpaired) electrons. The fourth-order valence-electron chi connectivity index (χ4n) is 5.45. The van der Waals surface area contributed by atoms with Gasteiger partial charge in [0.1, 0.15) is 11.3 Å². The molecule has 1 aliphatic heterocycles. The van der Waals surface area contributed by atoms with Crippen molar-refractivity contribution in [1.29, 1.82) is 0 Å². The van der Waals surface area contributed by atoms with Gasteiger partial charge in [-0.15, -0.1) is 0 Å². The Balaban J connectivity index is 1.44. The number of aryl methyl sites for hydroxylation is 1. The third-order valence-electron chi connectivity index (χ3n) is 7.61. The van der Waals surface area contributed by atoms with Crippen LogP contribution in [0.1, 0.15) is 59.6 Å². The van der Waals surface area contributed by atoms with E-state index >= 15 is 0 Å². The highest BCUT2D eigenvalue weighted by Gasteiger charge is 2.35. The second kappa shape index (κ2) is 9.53. The Labute approximate surface area is 213 Å². The molecule has 190 valence electrons. The van der Waals surface area contributed by atoms with Gasteiger partial charge in [-0.1, -0.05) is 43.5 Å². The number of benzene rings is 1. The van der Waals surface area contributed by atoms with Gasteiger partial charge in [-0.25, -0.2) is 9.50 Å². The number of aromatic nitrogens is 5. The maximum Gasteiger partial charge on any atom is 0.273 e. The summed E-state index contributed by atoms with van der Waals surface area (Å²) in [5.41, 5.74) is 4.31. The lowest BCUT2D eigenvalue weighted by molar-refractivity contribution is 0.0455. The molecule has 4 heterocycles. The van der Waals surface area contributed by atoms with Crippen molar-refractivity contribution in [3.63, 3.8) is 0 Å². The van der Waals surface area contributed by atoms with E-state index in [0.29, 0.717) is 36.1 Å².